The molecule has 0 radical (unpaired) electrons. The van der Waals surface area contributed by atoms with E-state index in [9.17, 15) is 5.11 Å². The molecule has 4 atom stereocenters. The summed E-state index contributed by atoms with van der Waals surface area (Å²) >= 11 is 0. The van der Waals surface area contributed by atoms with Crippen molar-refractivity contribution in [2.75, 3.05) is 49.5 Å². The molecule has 4 N–H and O–H groups in total. The molecule has 2 saturated heterocycles. The molecule has 1 saturated carbocycles. The van der Waals surface area contributed by atoms with Crippen LogP contribution in [0, 0.1) is 5.92 Å². The second-order valence-electron chi connectivity index (χ2n) is 10.5. The van der Waals surface area contributed by atoms with E-state index in [1.807, 2.05) is 18.6 Å². The fraction of sp³-hybridized carbons (Fsp3) is 0.556. The summed E-state index contributed by atoms with van der Waals surface area (Å²) in [6.07, 6.45) is 12.3. The largest absolute Gasteiger partial charge is 0.396 e. The third-order valence-corrected chi connectivity index (χ3v) is 8.49. The summed E-state index contributed by atoms with van der Waals surface area (Å²) < 4.78 is 2.13. The highest BCUT2D eigenvalue weighted by atomic mass is 16.3. The Bertz CT molecular complexity index is 1160. The van der Waals surface area contributed by atoms with Gasteiger partial charge in [-0.25, -0.2) is 9.97 Å². The van der Waals surface area contributed by atoms with Gasteiger partial charge in [0.15, 0.2) is 5.65 Å². The number of nitrogens with zero attached hydrogens (tertiary/aromatic N) is 5. The minimum atomic E-state index is 0.239. The van der Waals surface area contributed by atoms with Gasteiger partial charge in [0.2, 0.25) is 0 Å². The summed E-state index contributed by atoms with van der Waals surface area (Å²) in [5, 5.41) is 12.9. The number of piperazine rings is 1. The number of rotatable bonds is 7. The van der Waals surface area contributed by atoms with Crippen molar-refractivity contribution in [1.29, 1.82) is 0 Å². The number of nitrogens with one attached hydrogen (secondary N) is 3. The van der Waals surface area contributed by atoms with E-state index < -0.39 is 0 Å². The van der Waals surface area contributed by atoms with Gasteiger partial charge in [-0.1, -0.05) is 6.92 Å². The van der Waals surface area contributed by atoms with E-state index in [0.717, 1.165) is 69.1 Å². The van der Waals surface area contributed by atoms with Crippen LogP contribution in [0.2, 0.25) is 0 Å². The Hall–Kier alpha value is -2.72. The van der Waals surface area contributed by atoms with E-state index in [-0.39, 0.29) is 6.61 Å². The molecule has 3 aromatic rings. The molecule has 9 heteroatoms. The summed E-state index contributed by atoms with van der Waals surface area (Å²) in [7, 11) is 0. The molecule has 192 valence electrons. The van der Waals surface area contributed by atoms with E-state index in [1.165, 1.54) is 17.7 Å². The van der Waals surface area contributed by atoms with Crippen molar-refractivity contribution >= 4 is 22.8 Å². The summed E-state index contributed by atoms with van der Waals surface area (Å²) in [4.78, 5) is 14.3. The standard InChI is InChI=1S/C27H38N8O/c1-2-33-10-12-34(13-11-33)21-4-6-26(29-17-21)30-25-16-20(18-35-9-8-28-27(25)35)19-3-5-22-23(7-14-36)31-32-24(22)15-19/h4,6,8-9,16-19,22-24,31-32,36H,2-3,5,7,10-15H2,1H3,(H,29,30). The second kappa shape index (κ2) is 10.3. The van der Waals surface area contributed by atoms with Gasteiger partial charge in [0, 0.05) is 63.5 Å². The van der Waals surface area contributed by atoms with Gasteiger partial charge in [-0.3, -0.25) is 10.9 Å². The SMILES string of the molecule is CCN1CCN(c2ccc(Nc3cc(C4CCC5C(CCO)NNC5C4)cn4ccnc34)nc2)CC1. The maximum atomic E-state index is 9.39. The molecule has 3 aromatic heterocycles. The predicted molar refractivity (Wildman–Crippen MR) is 143 cm³/mol. The van der Waals surface area contributed by atoms with Crippen molar-refractivity contribution in [3.63, 3.8) is 0 Å². The van der Waals surface area contributed by atoms with Crippen molar-refractivity contribution in [1.82, 2.24) is 30.1 Å². The molecule has 36 heavy (non-hydrogen) atoms. The number of anilines is 3. The lowest BCUT2D eigenvalue weighted by Crippen LogP contribution is -2.46. The van der Waals surface area contributed by atoms with Crippen molar-refractivity contribution in [3.8, 4) is 0 Å². The molecule has 0 aromatic carbocycles. The molecule has 2 aliphatic heterocycles. The van der Waals surface area contributed by atoms with Gasteiger partial charge in [0.25, 0.3) is 0 Å². The summed E-state index contributed by atoms with van der Waals surface area (Å²) in [6.45, 7) is 7.90. The monoisotopic (exact) mass is 490 g/mol. The lowest BCUT2D eigenvalue weighted by Gasteiger charge is -2.35. The fourth-order valence-electron chi connectivity index (χ4n) is 6.37. The highest BCUT2D eigenvalue weighted by molar-refractivity contribution is 5.73. The van der Waals surface area contributed by atoms with Crippen molar-refractivity contribution in [2.45, 2.75) is 50.6 Å². The molecule has 5 heterocycles. The molecule has 0 spiro atoms. The molecule has 4 unspecified atom stereocenters. The van der Waals surface area contributed by atoms with Crippen LogP contribution in [-0.4, -0.2) is 75.8 Å². The fourth-order valence-corrected chi connectivity index (χ4v) is 6.37. The van der Waals surface area contributed by atoms with Crippen LogP contribution in [0.25, 0.3) is 5.65 Å². The van der Waals surface area contributed by atoms with E-state index in [1.54, 1.807) is 0 Å². The lowest BCUT2D eigenvalue weighted by molar-refractivity contribution is 0.229. The minimum Gasteiger partial charge on any atom is -0.396 e. The number of likely N-dealkylation sites (N-methyl/N-ethyl adjacent to an activating group) is 1. The third-order valence-electron chi connectivity index (χ3n) is 8.49. The first-order valence-corrected chi connectivity index (χ1v) is 13.5. The molecule has 1 aliphatic carbocycles. The molecule has 3 aliphatic rings. The van der Waals surface area contributed by atoms with Crippen LogP contribution < -0.4 is 21.1 Å². The molecule has 0 amide bonds. The number of imidazole rings is 1. The van der Waals surface area contributed by atoms with Crippen molar-refractivity contribution in [3.05, 3.63) is 48.5 Å². The Morgan fingerprint density at radius 3 is 2.78 bits per heavy atom. The number of hydrazine groups is 1. The zero-order valence-electron chi connectivity index (χ0n) is 21.1. The number of aliphatic hydroxyl groups is 1. The van der Waals surface area contributed by atoms with Gasteiger partial charge in [0.1, 0.15) is 5.82 Å². The molecular weight excluding hydrogens is 452 g/mol. The second-order valence-corrected chi connectivity index (χ2v) is 10.5. The van der Waals surface area contributed by atoms with Crippen LogP contribution in [0.4, 0.5) is 17.2 Å². The number of hydrogen-bond acceptors (Lipinski definition) is 8. The van der Waals surface area contributed by atoms with Crippen LogP contribution in [-0.2, 0) is 0 Å². The molecule has 3 fully saturated rings. The smallest absolute Gasteiger partial charge is 0.160 e. The molecule has 9 nitrogen and oxygen atoms in total. The zero-order chi connectivity index (χ0) is 24.5. The van der Waals surface area contributed by atoms with Crippen LogP contribution in [0.3, 0.4) is 0 Å². The summed E-state index contributed by atoms with van der Waals surface area (Å²) in [5.74, 6) is 1.92. The van der Waals surface area contributed by atoms with Gasteiger partial charge < -0.3 is 24.6 Å². The van der Waals surface area contributed by atoms with E-state index in [2.05, 4.69) is 66.7 Å². The van der Waals surface area contributed by atoms with Gasteiger partial charge in [-0.15, -0.1) is 0 Å². The van der Waals surface area contributed by atoms with Gasteiger partial charge in [-0.05, 0) is 67.8 Å². The Kier molecular flexibility index (Phi) is 6.79. The highest BCUT2D eigenvalue weighted by Gasteiger charge is 2.40. The quantitative estimate of drug-likeness (QED) is 0.402. The van der Waals surface area contributed by atoms with Crippen LogP contribution in [0.1, 0.15) is 44.1 Å². The maximum Gasteiger partial charge on any atom is 0.160 e. The number of pyridine rings is 2. The van der Waals surface area contributed by atoms with Gasteiger partial charge in [0.05, 0.1) is 17.6 Å². The highest BCUT2D eigenvalue weighted by Crippen LogP contribution is 2.40. The number of fused-ring (bicyclic) bond motifs is 2. The van der Waals surface area contributed by atoms with E-state index in [4.69, 9.17) is 4.98 Å². The van der Waals surface area contributed by atoms with Crippen LogP contribution in [0.15, 0.2) is 43.0 Å². The minimum absolute atomic E-state index is 0.239. The maximum absolute atomic E-state index is 9.39. The number of aliphatic hydroxyl groups excluding tert-OH is 1. The molecule has 0 bridgehead atoms. The van der Waals surface area contributed by atoms with E-state index >= 15 is 0 Å². The molecule has 6 rings (SSSR count). The lowest BCUT2D eigenvalue weighted by atomic mass is 9.74. The van der Waals surface area contributed by atoms with Crippen LogP contribution in [0.5, 0.6) is 0 Å². The topological polar surface area (TPSA) is 93.0 Å². The Morgan fingerprint density at radius 2 is 2.00 bits per heavy atom. The van der Waals surface area contributed by atoms with E-state index in [0.29, 0.717) is 23.9 Å². The van der Waals surface area contributed by atoms with Crippen molar-refractivity contribution in [2.24, 2.45) is 5.92 Å². The Balaban J connectivity index is 1.17. The summed E-state index contributed by atoms with van der Waals surface area (Å²) in [5.41, 5.74) is 11.4. The van der Waals surface area contributed by atoms with Gasteiger partial charge >= 0.3 is 0 Å². The average molecular weight is 491 g/mol. The number of hydrogen-bond donors (Lipinski definition) is 4. The van der Waals surface area contributed by atoms with Gasteiger partial charge in [-0.2, -0.15) is 0 Å². The zero-order valence-corrected chi connectivity index (χ0v) is 21.1. The first-order valence-electron chi connectivity index (χ1n) is 13.5. The normalized spacial score (nSPS) is 26.9. The average Bonchev–Trinajstić information content (AvgIpc) is 3.56. The Labute approximate surface area is 212 Å². The molecular formula is C27H38N8O. The third kappa shape index (κ3) is 4.68. The Morgan fingerprint density at radius 1 is 1.11 bits per heavy atom. The summed E-state index contributed by atoms with van der Waals surface area (Å²) in [6, 6.07) is 7.34. The van der Waals surface area contributed by atoms with Crippen LogP contribution >= 0.6 is 0 Å². The number of aromatic nitrogens is 3. The first-order chi connectivity index (χ1) is 17.7. The predicted octanol–water partition coefficient (Wildman–Crippen LogP) is 2.73. The first kappa shape index (κ1) is 23.7. The van der Waals surface area contributed by atoms with Crippen molar-refractivity contribution < 1.29 is 5.11 Å².